The number of benzene rings is 1. The van der Waals surface area contributed by atoms with Crippen LogP contribution in [0.4, 0.5) is 0 Å². The molecular weight excluding hydrogens is 270 g/mol. The first-order valence-electron chi connectivity index (χ1n) is 7.22. The third-order valence-corrected chi connectivity index (χ3v) is 3.63. The summed E-state index contributed by atoms with van der Waals surface area (Å²) in [6.45, 7) is 2.85. The summed E-state index contributed by atoms with van der Waals surface area (Å²) in [6.07, 6.45) is 5.68. The summed E-state index contributed by atoms with van der Waals surface area (Å²) in [4.78, 5) is 8.07. The van der Waals surface area contributed by atoms with Gasteiger partial charge in [0.15, 0.2) is 0 Å². The molecule has 0 amide bonds. The molecule has 0 aliphatic heterocycles. The van der Waals surface area contributed by atoms with Gasteiger partial charge in [0.05, 0.1) is 5.69 Å². The Labute approximate surface area is 125 Å². The number of H-pyrrole nitrogens is 1. The fraction of sp³-hybridized carbons (Fsp3) is 0.438. The van der Waals surface area contributed by atoms with E-state index in [-0.39, 0.29) is 0 Å². The fourth-order valence-electron chi connectivity index (χ4n) is 2.35. The highest BCUT2D eigenvalue weighted by molar-refractivity contribution is 6.30. The van der Waals surface area contributed by atoms with Crippen molar-refractivity contribution in [2.24, 2.45) is 5.73 Å². The zero-order chi connectivity index (χ0) is 14.4. The molecule has 1 aromatic heterocycles. The summed E-state index contributed by atoms with van der Waals surface area (Å²) in [5.74, 6) is 1.06. The molecule has 1 heterocycles. The van der Waals surface area contributed by atoms with Crippen molar-refractivity contribution in [3.05, 3.63) is 40.8 Å². The first-order valence-corrected chi connectivity index (χ1v) is 7.60. The van der Waals surface area contributed by atoms with E-state index in [0.29, 0.717) is 0 Å². The molecule has 2 rings (SSSR count). The Bertz CT molecular complexity index is 548. The number of hydrogen-bond acceptors (Lipinski definition) is 2. The molecule has 20 heavy (non-hydrogen) atoms. The van der Waals surface area contributed by atoms with Crippen LogP contribution in [0.5, 0.6) is 0 Å². The minimum Gasteiger partial charge on any atom is -0.346 e. The average molecular weight is 292 g/mol. The van der Waals surface area contributed by atoms with Gasteiger partial charge in [0.2, 0.25) is 0 Å². The average Bonchev–Trinajstić information content (AvgIpc) is 2.80. The lowest BCUT2D eigenvalue weighted by Gasteiger charge is -1.99. The second-order valence-corrected chi connectivity index (χ2v) is 5.56. The standard InChI is InChI=1S/C16H22ClN3/c1-12-16(13-7-6-8-14(17)11-13)20-15(19-12)9-4-2-3-5-10-18/h6-8,11H,2-5,9-10,18H2,1H3,(H,19,20). The van der Waals surface area contributed by atoms with E-state index >= 15 is 0 Å². The Morgan fingerprint density at radius 1 is 1.20 bits per heavy atom. The third-order valence-electron chi connectivity index (χ3n) is 3.40. The molecule has 3 nitrogen and oxygen atoms in total. The molecule has 0 unspecified atom stereocenters. The van der Waals surface area contributed by atoms with Gasteiger partial charge in [-0.3, -0.25) is 0 Å². The minimum atomic E-state index is 0.744. The van der Waals surface area contributed by atoms with Crippen LogP contribution in [0.2, 0.25) is 5.02 Å². The number of halogens is 1. The third kappa shape index (κ3) is 4.09. The van der Waals surface area contributed by atoms with E-state index in [0.717, 1.165) is 53.6 Å². The fourth-order valence-corrected chi connectivity index (χ4v) is 2.54. The number of rotatable bonds is 7. The molecule has 108 valence electrons. The van der Waals surface area contributed by atoms with Gasteiger partial charge in [0, 0.05) is 22.7 Å². The Hall–Kier alpha value is -1.32. The van der Waals surface area contributed by atoms with Crippen molar-refractivity contribution in [1.29, 1.82) is 0 Å². The van der Waals surface area contributed by atoms with Crippen LogP contribution in [0.25, 0.3) is 11.3 Å². The predicted molar refractivity (Wildman–Crippen MR) is 85.0 cm³/mol. The first kappa shape index (κ1) is 15.1. The summed E-state index contributed by atoms with van der Waals surface area (Å²) in [5.41, 5.74) is 8.67. The summed E-state index contributed by atoms with van der Waals surface area (Å²) in [5, 5.41) is 0.744. The van der Waals surface area contributed by atoms with Crippen molar-refractivity contribution in [2.75, 3.05) is 6.54 Å². The highest BCUT2D eigenvalue weighted by Gasteiger charge is 2.09. The number of nitrogens with one attached hydrogen (secondary N) is 1. The van der Waals surface area contributed by atoms with E-state index in [1.807, 2.05) is 24.3 Å². The zero-order valence-corrected chi connectivity index (χ0v) is 12.7. The summed E-state index contributed by atoms with van der Waals surface area (Å²) in [7, 11) is 0. The van der Waals surface area contributed by atoms with Crippen molar-refractivity contribution in [2.45, 2.75) is 39.0 Å². The molecule has 4 heteroatoms. The molecule has 0 aliphatic rings. The number of imidazole rings is 1. The van der Waals surface area contributed by atoms with Crippen molar-refractivity contribution in [1.82, 2.24) is 9.97 Å². The van der Waals surface area contributed by atoms with E-state index in [1.54, 1.807) is 0 Å². The highest BCUT2D eigenvalue weighted by Crippen LogP contribution is 2.24. The van der Waals surface area contributed by atoms with Gasteiger partial charge in [-0.15, -0.1) is 0 Å². The topological polar surface area (TPSA) is 54.7 Å². The first-order chi connectivity index (χ1) is 9.70. The van der Waals surface area contributed by atoms with Gasteiger partial charge in [-0.25, -0.2) is 4.98 Å². The van der Waals surface area contributed by atoms with Crippen molar-refractivity contribution >= 4 is 11.6 Å². The molecule has 0 saturated heterocycles. The maximum Gasteiger partial charge on any atom is 0.106 e. The second-order valence-electron chi connectivity index (χ2n) is 5.12. The smallest absolute Gasteiger partial charge is 0.106 e. The van der Waals surface area contributed by atoms with Gasteiger partial charge in [0.1, 0.15) is 5.82 Å². The van der Waals surface area contributed by atoms with Gasteiger partial charge in [-0.1, -0.05) is 36.6 Å². The Kier molecular flexibility index (Phi) is 5.62. The lowest BCUT2D eigenvalue weighted by atomic mass is 10.1. The van der Waals surface area contributed by atoms with E-state index in [9.17, 15) is 0 Å². The van der Waals surface area contributed by atoms with E-state index in [2.05, 4.69) is 11.9 Å². The van der Waals surface area contributed by atoms with Crippen LogP contribution < -0.4 is 5.73 Å². The molecule has 0 saturated carbocycles. The van der Waals surface area contributed by atoms with Crippen molar-refractivity contribution in [3.63, 3.8) is 0 Å². The molecule has 2 aromatic rings. The Balaban J connectivity index is 1.99. The number of unbranched alkanes of at least 4 members (excludes halogenated alkanes) is 3. The van der Waals surface area contributed by atoms with Crippen LogP contribution in [0, 0.1) is 6.92 Å². The van der Waals surface area contributed by atoms with Gasteiger partial charge in [-0.2, -0.15) is 0 Å². The van der Waals surface area contributed by atoms with Crippen LogP contribution >= 0.6 is 11.6 Å². The zero-order valence-electron chi connectivity index (χ0n) is 12.0. The SMILES string of the molecule is Cc1[nH]c(CCCCCCN)nc1-c1cccc(Cl)c1. The summed E-state index contributed by atoms with van der Waals surface area (Å²) >= 11 is 6.04. The number of nitrogens with two attached hydrogens (primary N) is 1. The normalized spacial score (nSPS) is 10.9. The van der Waals surface area contributed by atoms with Gasteiger partial charge in [-0.05, 0) is 38.4 Å². The van der Waals surface area contributed by atoms with E-state index < -0.39 is 0 Å². The highest BCUT2D eigenvalue weighted by atomic mass is 35.5. The minimum absolute atomic E-state index is 0.744. The number of aromatic amines is 1. The molecule has 0 atom stereocenters. The summed E-state index contributed by atoms with van der Waals surface area (Å²) in [6, 6.07) is 7.83. The van der Waals surface area contributed by atoms with Crippen molar-refractivity contribution < 1.29 is 0 Å². The summed E-state index contributed by atoms with van der Waals surface area (Å²) < 4.78 is 0. The van der Waals surface area contributed by atoms with Crippen LogP contribution in [0.3, 0.4) is 0 Å². The van der Waals surface area contributed by atoms with Crippen LogP contribution in [-0.4, -0.2) is 16.5 Å². The maximum atomic E-state index is 6.04. The number of aromatic nitrogens is 2. The van der Waals surface area contributed by atoms with Gasteiger partial charge >= 0.3 is 0 Å². The Morgan fingerprint density at radius 3 is 2.75 bits per heavy atom. The van der Waals surface area contributed by atoms with Gasteiger partial charge in [0.25, 0.3) is 0 Å². The molecule has 0 fully saturated rings. The predicted octanol–water partition coefficient (Wildman–Crippen LogP) is 4.10. The lowest BCUT2D eigenvalue weighted by Crippen LogP contribution is -1.98. The van der Waals surface area contributed by atoms with E-state index in [1.165, 1.54) is 12.8 Å². The second kappa shape index (κ2) is 7.46. The van der Waals surface area contributed by atoms with Crippen LogP contribution in [-0.2, 0) is 6.42 Å². The Morgan fingerprint density at radius 2 is 2.00 bits per heavy atom. The van der Waals surface area contributed by atoms with Crippen LogP contribution in [0.1, 0.15) is 37.2 Å². The van der Waals surface area contributed by atoms with Crippen LogP contribution in [0.15, 0.2) is 24.3 Å². The maximum absolute atomic E-state index is 6.04. The van der Waals surface area contributed by atoms with Crippen molar-refractivity contribution in [3.8, 4) is 11.3 Å². The quantitative estimate of drug-likeness (QED) is 0.755. The number of nitrogens with zero attached hydrogens (tertiary/aromatic N) is 1. The number of aryl methyl sites for hydroxylation is 2. The molecule has 1 aromatic carbocycles. The van der Waals surface area contributed by atoms with E-state index in [4.69, 9.17) is 22.3 Å². The molecule has 0 radical (unpaired) electrons. The monoisotopic (exact) mass is 291 g/mol. The molecular formula is C16H22ClN3. The molecule has 0 spiro atoms. The number of hydrogen-bond donors (Lipinski definition) is 2. The molecule has 0 bridgehead atoms. The molecule has 3 N–H and O–H groups in total. The lowest BCUT2D eigenvalue weighted by molar-refractivity contribution is 0.637. The largest absolute Gasteiger partial charge is 0.346 e. The van der Waals surface area contributed by atoms with Gasteiger partial charge < -0.3 is 10.7 Å². The molecule has 0 aliphatic carbocycles.